The highest BCUT2D eigenvalue weighted by molar-refractivity contribution is 9.10. The summed E-state index contributed by atoms with van der Waals surface area (Å²) in [5, 5.41) is 15.9. The molecule has 5 heteroatoms. The molecule has 0 aliphatic carbocycles. The minimum atomic E-state index is 0.209. The molecule has 0 atom stereocenters. The Kier molecular flexibility index (Phi) is 2.17. The molecule has 72 valence electrons. The van der Waals surface area contributed by atoms with E-state index in [1.807, 2.05) is 0 Å². The van der Waals surface area contributed by atoms with Crippen LogP contribution >= 0.6 is 15.9 Å². The Bertz CT molecular complexity index is 467. The number of hydrogen-bond donors (Lipinski definition) is 3. The number of phenolic OH excluding ortho intramolecular Hbond substituents is 1. The van der Waals surface area contributed by atoms with Crippen LogP contribution in [0, 0.1) is 0 Å². The van der Waals surface area contributed by atoms with E-state index in [-0.39, 0.29) is 5.75 Å². The number of aromatic hydroxyl groups is 1. The van der Waals surface area contributed by atoms with Crippen LogP contribution in [0.4, 0.5) is 5.82 Å². The van der Waals surface area contributed by atoms with Crippen LogP contribution in [0.5, 0.6) is 5.75 Å². The summed E-state index contributed by atoms with van der Waals surface area (Å²) in [6.07, 6.45) is 0. The number of nitrogens with zero attached hydrogens (tertiary/aromatic N) is 1. The fourth-order valence-corrected chi connectivity index (χ4v) is 1.54. The molecule has 1 heterocycles. The molecule has 0 unspecified atom stereocenters. The van der Waals surface area contributed by atoms with E-state index >= 15 is 0 Å². The van der Waals surface area contributed by atoms with Crippen molar-refractivity contribution >= 4 is 21.7 Å². The molecule has 14 heavy (non-hydrogen) atoms. The van der Waals surface area contributed by atoms with Gasteiger partial charge in [-0.25, -0.2) is 0 Å². The average Bonchev–Trinajstić information content (AvgIpc) is 2.57. The maximum absolute atomic E-state index is 9.30. The number of halogens is 1. The van der Waals surface area contributed by atoms with Gasteiger partial charge in [0, 0.05) is 11.6 Å². The second-order valence-corrected chi connectivity index (χ2v) is 3.73. The second-order valence-electron chi connectivity index (χ2n) is 2.87. The fourth-order valence-electron chi connectivity index (χ4n) is 1.16. The van der Waals surface area contributed by atoms with Gasteiger partial charge in [-0.3, -0.25) is 5.10 Å². The van der Waals surface area contributed by atoms with Crippen LogP contribution in [-0.4, -0.2) is 15.3 Å². The zero-order valence-electron chi connectivity index (χ0n) is 7.16. The molecule has 0 aliphatic rings. The number of nitrogen functional groups attached to an aromatic ring is 1. The lowest BCUT2D eigenvalue weighted by Gasteiger charge is -1.99. The first-order valence-electron chi connectivity index (χ1n) is 3.96. The Morgan fingerprint density at radius 1 is 1.36 bits per heavy atom. The Morgan fingerprint density at radius 2 is 2.14 bits per heavy atom. The molecule has 0 saturated heterocycles. The number of aromatic nitrogens is 2. The van der Waals surface area contributed by atoms with Crippen LogP contribution in [0.1, 0.15) is 0 Å². The lowest BCUT2D eigenvalue weighted by atomic mass is 10.1. The van der Waals surface area contributed by atoms with Crippen LogP contribution in [0.15, 0.2) is 28.7 Å². The number of nitrogens with one attached hydrogen (secondary N) is 1. The van der Waals surface area contributed by atoms with Gasteiger partial charge >= 0.3 is 0 Å². The molecule has 2 rings (SSSR count). The van der Waals surface area contributed by atoms with Gasteiger partial charge in [-0.2, -0.15) is 5.10 Å². The van der Waals surface area contributed by atoms with Gasteiger partial charge in [-0.1, -0.05) is 0 Å². The number of aromatic amines is 1. The minimum Gasteiger partial charge on any atom is -0.507 e. The van der Waals surface area contributed by atoms with Crippen LogP contribution in [0.2, 0.25) is 0 Å². The Labute approximate surface area is 88.9 Å². The number of benzene rings is 1. The van der Waals surface area contributed by atoms with Crippen LogP contribution < -0.4 is 5.73 Å². The molecule has 0 spiro atoms. The largest absolute Gasteiger partial charge is 0.507 e. The van der Waals surface area contributed by atoms with E-state index in [1.54, 1.807) is 24.3 Å². The molecule has 0 radical (unpaired) electrons. The van der Waals surface area contributed by atoms with Crippen LogP contribution in [0.3, 0.4) is 0 Å². The lowest BCUT2D eigenvalue weighted by molar-refractivity contribution is 0.472. The zero-order valence-corrected chi connectivity index (χ0v) is 8.75. The first-order valence-corrected chi connectivity index (χ1v) is 4.76. The maximum atomic E-state index is 9.30. The molecule has 2 aromatic rings. The van der Waals surface area contributed by atoms with E-state index in [2.05, 4.69) is 26.1 Å². The maximum Gasteiger partial charge on any atom is 0.145 e. The van der Waals surface area contributed by atoms with Gasteiger partial charge in [0.25, 0.3) is 0 Å². The smallest absolute Gasteiger partial charge is 0.145 e. The number of phenols is 1. The summed E-state index contributed by atoms with van der Waals surface area (Å²) in [4.78, 5) is 0. The first kappa shape index (κ1) is 9.08. The van der Waals surface area contributed by atoms with Crippen LogP contribution in [-0.2, 0) is 0 Å². The van der Waals surface area contributed by atoms with E-state index in [1.165, 1.54) is 0 Å². The number of hydrogen-bond acceptors (Lipinski definition) is 3. The first-order chi connectivity index (χ1) is 6.66. The molecule has 1 aromatic carbocycles. The zero-order chi connectivity index (χ0) is 10.1. The van der Waals surface area contributed by atoms with Crippen molar-refractivity contribution in [2.24, 2.45) is 0 Å². The van der Waals surface area contributed by atoms with Gasteiger partial charge in [-0.15, -0.1) is 0 Å². The van der Waals surface area contributed by atoms with Gasteiger partial charge < -0.3 is 10.8 Å². The molecule has 1 aromatic heterocycles. The Hall–Kier alpha value is -1.49. The quantitative estimate of drug-likeness (QED) is 0.729. The van der Waals surface area contributed by atoms with E-state index in [9.17, 15) is 5.11 Å². The van der Waals surface area contributed by atoms with Gasteiger partial charge in [-0.05, 0) is 34.1 Å². The molecule has 0 amide bonds. The van der Waals surface area contributed by atoms with Crippen molar-refractivity contribution in [1.82, 2.24) is 10.2 Å². The summed E-state index contributed by atoms with van der Waals surface area (Å²) in [6, 6.07) is 6.92. The van der Waals surface area contributed by atoms with Crippen molar-refractivity contribution in [3.63, 3.8) is 0 Å². The van der Waals surface area contributed by atoms with Crippen molar-refractivity contribution in [3.8, 4) is 17.0 Å². The van der Waals surface area contributed by atoms with Crippen molar-refractivity contribution in [1.29, 1.82) is 0 Å². The van der Waals surface area contributed by atoms with Crippen molar-refractivity contribution < 1.29 is 5.11 Å². The lowest BCUT2D eigenvalue weighted by Crippen LogP contribution is -1.81. The van der Waals surface area contributed by atoms with Gasteiger partial charge in [0.05, 0.1) is 10.2 Å². The molecule has 0 saturated carbocycles. The standard InChI is InChI=1S/C9H8BrN3O/c10-6-3-5(1-2-8(6)14)7-4-9(11)13-12-7/h1-4,14H,(H3,11,12,13). The normalized spacial score (nSPS) is 10.4. The third kappa shape index (κ3) is 1.58. The highest BCUT2D eigenvalue weighted by Crippen LogP contribution is 2.29. The highest BCUT2D eigenvalue weighted by Gasteiger charge is 2.04. The van der Waals surface area contributed by atoms with Crippen molar-refractivity contribution in [2.75, 3.05) is 5.73 Å². The SMILES string of the molecule is Nc1cc(-c2ccc(O)c(Br)c2)[nH]n1. The molecule has 0 bridgehead atoms. The van der Waals surface area contributed by atoms with Gasteiger partial charge in [0.1, 0.15) is 11.6 Å². The predicted molar refractivity (Wildman–Crippen MR) is 57.8 cm³/mol. The minimum absolute atomic E-state index is 0.209. The third-order valence-electron chi connectivity index (χ3n) is 1.86. The summed E-state index contributed by atoms with van der Waals surface area (Å²) in [5.41, 5.74) is 7.22. The van der Waals surface area contributed by atoms with E-state index in [0.717, 1.165) is 11.3 Å². The van der Waals surface area contributed by atoms with E-state index in [0.29, 0.717) is 10.3 Å². The Balaban J connectivity index is 2.47. The number of anilines is 1. The molecular weight excluding hydrogens is 246 g/mol. The molecule has 0 fully saturated rings. The van der Waals surface area contributed by atoms with Gasteiger partial charge in [0.2, 0.25) is 0 Å². The Morgan fingerprint density at radius 3 is 2.71 bits per heavy atom. The number of nitrogens with two attached hydrogens (primary N) is 1. The predicted octanol–water partition coefficient (Wildman–Crippen LogP) is 2.13. The second kappa shape index (κ2) is 3.34. The summed E-state index contributed by atoms with van der Waals surface area (Å²) < 4.78 is 0.642. The van der Waals surface area contributed by atoms with E-state index < -0.39 is 0 Å². The topological polar surface area (TPSA) is 74.9 Å². The molecule has 4 N–H and O–H groups in total. The third-order valence-corrected chi connectivity index (χ3v) is 2.49. The summed E-state index contributed by atoms with van der Waals surface area (Å²) >= 11 is 3.23. The summed E-state index contributed by atoms with van der Waals surface area (Å²) in [7, 11) is 0. The van der Waals surface area contributed by atoms with Gasteiger partial charge in [0.15, 0.2) is 0 Å². The number of H-pyrrole nitrogens is 1. The number of rotatable bonds is 1. The highest BCUT2D eigenvalue weighted by atomic mass is 79.9. The monoisotopic (exact) mass is 253 g/mol. The van der Waals surface area contributed by atoms with Crippen LogP contribution in [0.25, 0.3) is 11.3 Å². The summed E-state index contributed by atoms with van der Waals surface area (Å²) in [5.74, 6) is 0.658. The molecule has 4 nitrogen and oxygen atoms in total. The molecular formula is C9H8BrN3O. The van der Waals surface area contributed by atoms with Crippen molar-refractivity contribution in [3.05, 3.63) is 28.7 Å². The molecule has 0 aliphatic heterocycles. The van der Waals surface area contributed by atoms with E-state index in [4.69, 9.17) is 5.73 Å². The fraction of sp³-hybridized carbons (Fsp3) is 0. The summed E-state index contributed by atoms with van der Waals surface area (Å²) in [6.45, 7) is 0. The van der Waals surface area contributed by atoms with Crippen molar-refractivity contribution in [2.45, 2.75) is 0 Å². The average molecular weight is 254 g/mol.